The van der Waals surface area contributed by atoms with Gasteiger partial charge in [-0.3, -0.25) is 0 Å². The second-order valence-electron chi connectivity index (χ2n) is 5.14. The van der Waals surface area contributed by atoms with Crippen molar-refractivity contribution in [2.75, 3.05) is 7.11 Å². The molecular weight excluding hydrogens is 273 g/mol. The molecule has 0 heterocycles. The molecule has 3 nitrogen and oxygen atoms in total. The summed E-state index contributed by atoms with van der Waals surface area (Å²) in [5, 5.41) is 9.98. The maximum absolute atomic E-state index is 12.0. The molecule has 1 aromatic rings. The molecule has 1 N–H and O–H groups in total. The van der Waals surface area contributed by atoms with Gasteiger partial charge in [-0.1, -0.05) is 12.1 Å². The Morgan fingerprint density at radius 1 is 1.15 bits per heavy atom. The summed E-state index contributed by atoms with van der Waals surface area (Å²) < 4.78 is 45.0. The van der Waals surface area contributed by atoms with Gasteiger partial charge in [0.05, 0.1) is 11.7 Å². The smallest absolute Gasteiger partial charge is 0.406 e. The Hall–Kier alpha value is -1.27. The van der Waals surface area contributed by atoms with E-state index in [1.54, 1.807) is 7.11 Å². The lowest BCUT2D eigenvalue weighted by Crippen LogP contribution is -2.23. The summed E-state index contributed by atoms with van der Waals surface area (Å²) in [6, 6.07) is 5.22. The average Bonchev–Trinajstić information content (AvgIpc) is 2.35. The summed E-state index contributed by atoms with van der Waals surface area (Å²) in [5.74, 6) is -0.300. The van der Waals surface area contributed by atoms with Crippen molar-refractivity contribution in [3.8, 4) is 5.75 Å². The molecule has 0 aliphatic heterocycles. The van der Waals surface area contributed by atoms with Gasteiger partial charge in [-0.05, 0) is 44.4 Å². The number of hydrogen-bond donors (Lipinski definition) is 1. The van der Waals surface area contributed by atoms with E-state index in [1.807, 2.05) is 13.8 Å². The van der Waals surface area contributed by atoms with Gasteiger partial charge in [-0.2, -0.15) is 0 Å². The van der Waals surface area contributed by atoms with Gasteiger partial charge in [0.1, 0.15) is 5.75 Å². The van der Waals surface area contributed by atoms with Crippen molar-refractivity contribution in [2.45, 2.75) is 44.8 Å². The first kappa shape index (κ1) is 16.8. The Balaban J connectivity index is 2.60. The van der Waals surface area contributed by atoms with E-state index in [0.29, 0.717) is 18.4 Å². The molecule has 0 aromatic heterocycles. The lowest BCUT2D eigenvalue weighted by molar-refractivity contribution is -0.274. The predicted molar refractivity (Wildman–Crippen MR) is 68.4 cm³/mol. The van der Waals surface area contributed by atoms with Crippen LogP contribution in [0.5, 0.6) is 5.75 Å². The fourth-order valence-corrected chi connectivity index (χ4v) is 1.64. The molecule has 114 valence electrons. The molecule has 0 aliphatic carbocycles. The summed E-state index contributed by atoms with van der Waals surface area (Å²) in [7, 11) is 1.59. The van der Waals surface area contributed by atoms with Crippen LogP contribution in [0.1, 0.15) is 38.4 Å². The first-order chi connectivity index (χ1) is 9.13. The van der Waals surface area contributed by atoms with Crippen molar-refractivity contribution in [3.63, 3.8) is 0 Å². The van der Waals surface area contributed by atoms with E-state index in [-0.39, 0.29) is 11.4 Å². The average molecular weight is 292 g/mol. The molecule has 0 saturated heterocycles. The maximum Gasteiger partial charge on any atom is 0.573 e. The third-order valence-electron chi connectivity index (χ3n) is 3.07. The molecule has 0 radical (unpaired) electrons. The summed E-state index contributed by atoms with van der Waals surface area (Å²) >= 11 is 0. The molecular formula is C14H19F3O3. The zero-order valence-corrected chi connectivity index (χ0v) is 11.7. The number of alkyl halides is 3. The molecule has 1 aromatic carbocycles. The predicted octanol–water partition coefficient (Wildman–Crippen LogP) is 3.82. The standard InChI is InChI=1S/C14H19F3O3/c1-13(2,19-3)9-8-12(18)10-4-6-11(7-5-10)20-14(15,16)17/h4-7,12,18H,8-9H2,1-3H3. The van der Waals surface area contributed by atoms with Gasteiger partial charge in [0.15, 0.2) is 0 Å². The second kappa shape index (κ2) is 6.45. The van der Waals surface area contributed by atoms with E-state index >= 15 is 0 Å². The molecule has 0 amide bonds. The molecule has 0 aliphatic rings. The van der Waals surface area contributed by atoms with Gasteiger partial charge in [-0.25, -0.2) is 0 Å². The topological polar surface area (TPSA) is 38.7 Å². The van der Waals surface area contributed by atoms with Gasteiger partial charge in [-0.15, -0.1) is 13.2 Å². The minimum absolute atomic E-state index is 0.300. The largest absolute Gasteiger partial charge is 0.573 e. The number of halogens is 3. The van der Waals surface area contributed by atoms with E-state index in [1.165, 1.54) is 24.3 Å². The number of rotatable bonds is 6. The van der Waals surface area contributed by atoms with E-state index in [0.717, 1.165) is 0 Å². The van der Waals surface area contributed by atoms with E-state index in [4.69, 9.17) is 4.74 Å². The van der Waals surface area contributed by atoms with Crippen LogP contribution in [0.25, 0.3) is 0 Å². The van der Waals surface area contributed by atoms with Crippen LogP contribution in [0.2, 0.25) is 0 Å². The third-order valence-corrected chi connectivity index (χ3v) is 3.07. The Labute approximate surface area is 116 Å². The van der Waals surface area contributed by atoms with Crippen LogP contribution in [0.15, 0.2) is 24.3 Å². The van der Waals surface area contributed by atoms with Crippen LogP contribution < -0.4 is 4.74 Å². The number of aliphatic hydroxyl groups is 1. The van der Waals surface area contributed by atoms with Crippen molar-refractivity contribution in [3.05, 3.63) is 29.8 Å². The van der Waals surface area contributed by atoms with Crippen LogP contribution >= 0.6 is 0 Å². The van der Waals surface area contributed by atoms with Gasteiger partial charge in [0, 0.05) is 7.11 Å². The van der Waals surface area contributed by atoms with Crippen molar-refractivity contribution in [1.82, 2.24) is 0 Å². The molecule has 0 bridgehead atoms. The highest BCUT2D eigenvalue weighted by Gasteiger charge is 2.31. The number of ether oxygens (including phenoxy) is 2. The van der Waals surface area contributed by atoms with Gasteiger partial charge < -0.3 is 14.6 Å². The lowest BCUT2D eigenvalue weighted by atomic mass is 9.97. The van der Waals surface area contributed by atoms with Crippen LogP contribution in [0.3, 0.4) is 0 Å². The quantitative estimate of drug-likeness (QED) is 0.866. The molecule has 1 rings (SSSR count). The summed E-state index contributed by atoms with van der Waals surface area (Å²) in [6.45, 7) is 3.81. The van der Waals surface area contributed by atoms with E-state index < -0.39 is 12.5 Å². The number of hydrogen-bond acceptors (Lipinski definition) is 3. The fraction of sp³-hybridized carbons (Fsp3) is 0.571. The van der Waals surface area contributed by atoms with Crippen molar-refractivity contribution in [1.29, 1.82) is 0 Å². The van der Waals surface area contributed by atoms with Crippen molar-refractivity contribution < 1.29 is 27.8 Å². The van der Waals surface area contributed by atoms with E-state index in [9.17, 15) is 18.3 Å². The normalized spacial score (nSPS) is 14.2. The zero-order chi connectivity index (χ0) is 15.4. The minimum atomic E-state index is -4.71. The molecule has 0 spiro atoms. The summed E-state index contributed by atoms with van der Waals surface area (Å²) in [5.41, 5.74) is 0.201. The minimum Gasteiger partial charge on any atom is -0.406 e. The fourth-order valence-electron chi connectivity index (χ4n) is 1.64. The molecule has 6 heteroatoms. The Morgan fingerprint density at radius 3 is 2.15 bits per heavy atom. The highest BCUT2D eigenvalue weighted by Crippen LogP contribution is 2.27. The summed E-state index contributed by atoms with van der Waals surface area (Å²) in [4.78, 5) is 0. The Morgan fingerprint density at radius 2 is 1.70 bits per heavy atom. The first-order valence-electron chi connectivity index (χ1n) is 6.22. The van der Waals surface area contributed by atoms with Gasteiger partial charge >= 0.3 is 6.36 Å². The number of aliphatic hydroxyl groups excluding tert-OH is 1. The molecule has 0 fully saturated rings. The molecule has 1 atom stereocenters. The highest BCUT2D eigenvalue weighted by atomic mass is 19.4. The van der Waals surface area contributed by atoms with Crippen LogP contribution in [0, 0.1) is 0 Å². The van der Waals surface area contributed by atoms with Crippen LogP contribution in [-0.4, -0.2) is 24.2 Å². The molecule has 1 unspecified atom stereocenters. The van der Waals surface area contributed by atoms with Crippen molar-refractivity contribution in [2.24, 2.45) is 0 Å². The Kier molecular flexibility index (Phi) is 5.42. The first-order valence-corrected chi connectivity index (χ1v) is 6.22. The Bertz CT molecular complexity index is 413. The summed E-state index contributed by atoms with van der Waals surface area (Å²) in [6.07, 6.45) is -4.36. The SMILES string of the molecule is COC(C)(C)CCC(O)c1ccc(OC(F)(F)F)cc1. The zero-order valence-electron chi connectivity index (χ0n) is 11.7. The highest BCUT2D eigenvalue weighted by molar-refractivity contribution is 5.28. The van der Waals surface area contributed by atoms with Gasteiger partial charge in [0.25, 0.3) is 0 Å². The monoisotopic (exact) mass is 292 g/mol. The molecule has 0 saturated carbocycles. The van der Waals surface area contributed by atoms with Crippen LogP contribution in [-0.2, 0) is 4.74 Å². The van der Waals surface area contributed by atoms with Crippen LogP contribution in [0.4, 0.5) is 13.2 Å². The van der Waals surface area contributed by atoms with Gasteiger partial charge in [0.2, 0.25) is 0 Å². The van der Waals surface area contributed by atoms with Crippen molar-refractivity contribution >= 4 is 0 Å². The number of benzene rings is 1. The number of methoxy groups -OCH3 is 1. The maximum atomic E-state index is 12.0. The lowest BCUT2D eigenvalue weighted by Gasteiger charge is -2.24. The molecule has 20 heavy (non-hydrogen) atoms. The second-order valence-corrected chi connectivity index (χ2v) is 5.14. The third kappa shape index (κ3) is 5.79. The van der Waals surface area contributed by atoms with E-state index in [2.05, 4.69) is 4.74 Å².